The largest absolute Gasteiger partial charge is 0.358 e. The van der Waals surface area contributed by atoms with Crippen LogP contribution in [-0.2, 0) is 0 Å². The normalized spacial score (nSPS) is 13.3. The molecular formula is C16H17IN3O2P. The Labute approximate surface area is 149 Å². The minimum Gasteiger partial charge on any atom is -0.358 e. The van der Waals surface area contributed by atoms with Crippen LogP contribution in [0.1, 0.15) is 29.9 Å². The minimum atomic E-state index is -0.469. The van der Waals surface area contributed by atoms with Gasteiger partial charge in [-0.1, -0.05) is 30.3 Å². The number of non-ortho nitro benzene ring substituents is 1. The standard InChI is InChI=1S/C9H10.C7H7IN3O2P/c1-2-4-8(5-3-1)9-6-7-9;8-14-10-7-2-1-6(11(12)13)3-5(7)4-9/h1-5,9H,6-7H2;1-4,9-10,14H. The highest BCUT2D eigenvalue weighted by Crippen LogP contribution is 2.39. The molecule has 23 heavy (non-hydrogen) atoms. The molecule has 0 spiro atoms. The van der Waals surface area contributed by atoms with E-state index in [4.69, 9.17) is 5.41 Å². The lowest BCUT2D eigenvalue weighted by molar-refractivity contribution is -0.384. The molecule has 1 atom stereocenters. The number of rotatable bonds is 5. The number of hydrogen-bond acceptors (Lipinski definition) is 4. The van der Waals surface area contributed by atoms with Crippen molar-refractivity contribution in [2.24, 2.45) is 0 Å². The summed E-state index contributed by atoms with van der Waals surface area (Å²) < 4.78 is 0. The summed E-state index contributed by atoms with van der Waals surface area (Å²) in [6.07, 6.45) is 4.39. The third kappa shape index (κ3) is 5.55. The summed E-state index contributed by atoms with van der Waals surface area (Å²) in [5, 5.41) is 20.6. The molecule has 0 saturated heterocycles. The smallest absolute Gasteiger partial charge is 0.270 e. The van der Waals surface area contributed by atoms with E-state index >= 15 is 0 Å². The molecule has 5 nitrogen and oxygen atoms in total. The zero-order valence-corrected chi connectivity index (χ0v) is 15.5. The summed E-state index contributed by atoms with van der Waals surface area (Å²) in [6.45, 7) is 0. The molecule has 120 valence electrons. The molecule has 2 aromatic carbocycles. The van der Waals surface area contributed by atoms with Crippen LogP contribution in [0.25, 0.3) is 0 Å². The molecule has 0 aliphatic heterocycles. The van der Waals surface area contributed by atoms with E-state index in [1.807, 2.05) is 0 Å². The van der Waals surface area contributed by atoms with E-state index in [1.165, 1.54) is 30.5 Å². The van der Waals surface area contributed by atoms with Crippen LogP contribution in [0.2, 0.25) is 0 Å². The second kappa shape index (κ2) is 8.93. The maximum absolute atomic E-state index is 10.4. The summed E-state index contributed by atoms with van der Waals surface area (Å²) in [4.78, 5) is 9.98. The maximum Gasteiger partial charge on any atom is 0.270 e. The molecule has 1 aliphatic carbocycles. The zero-order chi connectivity index (χ0) is 16.7. The molecule has 7 heteroatoms. The van der Waals surface area contributed by atoms with Crippen molar-refractivity contribution in [2.45, 2.75) is 18.8 Å². The van der Waals surface area contributed by atoms with E-state index < -0.39 is 4.92 Å². The Kier molecular flexibility index (Phi) is 6.92. The van der Waals surface area contributed by atoms with Crippen molar-refractivity contribution >= 4 is 46.0 Å². The van der Waals surface area contributed by atoms with Gasteiger partial charge in [0, 0.05) is 36.0 Å². The van der Waals surface area contributed by atoms with Crippen LogP contribution in [0.5, 0.6) is 0 Å². The third-order valence-electron chi connectivity index (χ3n) is 3.43. The Morgan fingerprint density at radius 3 is 2.48 bits per heavy atom. The van der Waals surface area contributed by atoms with Crippen molar-refractivity contribution in [1.82, 2.24) is 0 Å². The van der Waals surface area contributed by atoms with Gasteiger partial charge >= 0.3 is 0 Å². The van der Waals surface area contributed by atoms with Gasteiger partial charge in [0.05, 0.1) is 4.92 Å². The fourth-order valence-corrected chi connectivity index (χ4v) is 3.29. The molecule has 0 amide bonds. The summed E-state index contributed by atoms with van der Waals surface area (Å²) >= 11 is 2.15. The fourth-order valence-electron chi connectivity index (χ4n) is 2.09. The van der Waals surface area contributed by atoms with E-state index in [0.29, 0.717) is 11.9 Å². The third-order valence-corrected chi connectivity index (χ3v) is 4.60. The molecule has 0 radical (unpaired) electrons. The average Bonchev–Trinajstić information content (AvgIpc) is 3.42. The highest BCUT2D eigenvalue weighted by Gasteiger charge is 2.22. The number of halogens is 1. The number of nitro groups is 1. The van der Waals surface area contributed by atoms with E-state index in [9.17, 15) is 10.1 Å². The topological polar surface area (TPSA) is 79.0 Å². The Balaban J connectivity index is 0.000000182. The lowest BCUT2D eigenvalue weighted by atomic mass is 10.1. The highest BCUT2D eigenvalue weighted by atomic mass is 127. The number of nitrogens with one attached hydrogen (secondary N) is 2. The van der Waals surface area contributed by atoms with Gasteiger partial charge in [-0.25, -0.2) is 0 Å². The summed E-state index contributed by atoms with van der Waals surface area (Å²) in [5.74, 6) is 0.909. The Hall–Kier alpha value is -1.53. The first-order valence-corrected chi connectivity index (χ1v) is 11.2. The number of anilines is 1. The predicted octanol–water partition coefficient (Wildman–Crippen LogP) is 5.51. The molecule has 0 aromatic heterocycles. The lowest BCUT2D eigenvalue weighted by Crippen LogP contribution is -1.93. The molecule has 1 unspecified atom stereocenters. The number of benzene rings is 2. The molecular weight excluding hydrogens is 424 g/mol. The summed E-state index contributed by atoms with van der Waals surface area (Å²) in [7, 11) is 0. The molecule has 0 bridgehead atoms. The molecule has 1 saturated carbocycles. The molecule has 1 aliphatic rings. The van der Waals surface area contributed by atoms with Gasteiger partial charge in [-0.3, -0.25) is 10.1 Å². The van der Waals surface area contributed by atoms with Gasteiger partial charge in [-0.2, -0.15) is 0 Å². The summed E-state index contributed by atoms with van der Waals surface area (Å²) in [5.41, 5.74) is 2.81. The second-order valence-electron chi connectivity index (χ2n) is 5.08. The zero-order valence-electron chi connectivity index (χ0n) is 12.3. The van der Waals surface area contributed by atoms with Crippen LogP contribution < -0.4 is 5.09 Å². The molecule has 2 N–H and O–H groups in total. The number of nitrogens with zero attached hydrogens (tertiary/aromatic N) is 1. The Morgan fingerprint density at radius 1 is 1.26 bits per heavy atom. The predicted molar refractivity (Wildman–Crippen MR) is 105 cm³/mol. The lowest BCUT2D eigenvalue weighted by Gasteiger charge is -2.05. The minimum absolute atomic E-state index is 0.00541. The highest BCUT2D eigenvalue weighted by molar-refractivity contribution is 14.2. The van der Waals surface area contributed by atoms with Crippen LogP contribution >= 0.6 is 28.4 Å². The molecule has 3 rings (SSSR count). The van der Waals surface area contributed by atoms with Crippen LogP contribution in [0.4, 0.5) is 11.4 Å². The van der Waals surface area contributed by atoms with Crippen molar-refractivity contribution in [2.75, 3.05) is 5.09 Å². The van der Waals surface area contributed by atoms with E-state index in [0.717, 1.165) is 17.8 Å². The van der Waals surface area contributed by atoms with Crippen LogP contribution in [0.3, 0.4) is 0 Å². The first-order valence-electron chi connectivity index (χ1n) is 7.11. The molecule has 2 aromatic rings. The van der Waals surface area contributed by atoms with Gasteiger partial charge in [0.1, 0.15) is 0 Å². The van der Waals surface area contributed by atoms with Crippen LogP contribution in [-0.4, -0.2) is 11.1 Å². The van der Waals surface area contributed by atoms with Gasteiger partial charge in [0.2, 0.25) is 0 Å². The number of hydrogen-bond donors (Lipinski definition) is 2. The van der Waals surface area contributed by atoms with E-state index in [1.54, 1.807) is 6.07 Å². The fraction of sp³-hybridized carbons (Fsp3) is 0.188. The van der Waals surface area contributed by atoms with Crippen molar-refractivity contribution < 1.29 is 4.92 Å². The summed E-state index contributed by atoms with van der Waals surface area (Å²) in [6, 6.07) is 15.2. The monoisotopic (exact) mass is 441 g/mol. The van der Waals surface area contributed by atoms with Gasteiger partial charge < -0.3 is 10.5 Å². The van der Waals surface area contributed by atoms with Gasteiger partial charge in [-0.15, -0.1) is 0 Å². The van der Waals surface area contributed by atoms with Crippen molar-refractivity contribution in [3.05, 3.63) is 69.8 Å². The quantitative estimate of drug-likeness (QED) is 0.211. The van der Waals surface area contributed by atoms with Crippen LogP contribution in [0, 0.1) is 15.5 Å². The van der Waals surface area contributed by atoms with E-state index in [-0.39, 0.29) is 5.69 Å². The molecule has 1 fully saturated rings. The van der Waals surface area contributed by atoms with Crippen molar-refractivity contribution in [3.8, 4) is 0 Å². The number of nitro benzene ring substituents is 1. The van der Waals surface area contributed by atoms with Gasteiger partial charge in [0.25, 0.3) is 5.69 Å². The second-order valence-corrected chi connectivity index (χ2v) is 7.13. The van der Waals surface area contributed by atoms with Gasteiger partial charge in [-0.05, 0) is 52.4 Å². The van der Waals surface area contributed by atoms with Crippen molar-refractivity contribution in [3.63, 3.8) is 0 Å². The molecule has 0 heterocycles. The Bertz CT molecular complexity index is 678. The van der Waals surface area contributed by atoms with Gasteiger partial charge in [0.15, 0.2) is 0 Å². The maximum atomic E-state index is 10.4. The van der Waals surface area contributed by atoms with E-state index in [2.05, 4.69) is 57.5 Å². The Morgan fingerprint density at radius 2 is 1.96 bits per heavy atom. The first kappa shape index (κ1) is 17.8. The first-order chi connectivity index (χ1) is 11.2. The SMILES string of the molecule is N=Cc1cc([N+](=O)[O-])ccc1NPI.c1ccc(C2CC2)cc1. The van der Waals surface area contributed by atoms with Crippen LogP contribution in [0.15, 0.2) is 48.5 Å². The average molecular weight is 441 g/mol. The van der Waals surface area contributed by atoms with Crippen molar-refractivity contribution in [1.29, 1.82) is 5.41 Å².